The van der Waals surface area contributed by atoms with Crippen LogP contribution in [-0.4, -0.2) is 28.8 Å². The molecule has 0 amide bonds. The van der Waals surface area contributed by atoms with E-state index in [2.05, 4.69) is 32.2 Å². The predicted octanol–water partition coefficient (Wildman–Crippen LogP) is 3.37. The van der Waals surface area contributed by atoms with E-state index in [1.165, 1.54) is 17.0 Å². The molecule has 26 heavy (non-hydrogen) atoms. The summed E-state index contributed by atoms with van der Waals surface area (Å²) in [4.78, 5) is 5.83. The SMILES string of the molecule is CCNC(=NCc1cccs1)NCCc1ccn(-c2ccc(F)cc2)n1. The minimum Gasteiger partial charge on any atom is -0.357 e. The molecule has 3 aromatic rings. The average molecular weight is 371 g/mol. The van der Waals surface area contributed by atoms with Crippen molar-refractivity contribution in [3.8, 4) is 5.69 Å². The number of nitrogens with zero attached hydrogens (tertiary/aromatic N) is 3. The minimum absolute atomic E-state index is 0.247. The van der Waals surface area contributed by atoms with Crippen molar-refractivity contribution in [2.45, 2.75) is 19.9 Å². The van der Waals surface area contributed by atoms with Gasteiger partial charge < -0.3 is 10.6 Å². The Kier molecular flexibility index (Phi) is 6.38. The van der Waals surface area contributed by atoms with Crippen molar-refractivity contribution >= 4 is 17.3 Å². The van der Waals surface area contributed by atoms with Crippen LogP contribution >= 0.6 is 11.3 Å². The van der Waals surface area contributed by atoms with Crippen molar-refractivity contribution in [2.24, 2.45) is 4.99 Å². The van der Waals surface area contributed by atoms with E-state index in [0.29, 0.717) is 6.54 Å². The van der Waals surface area contributed by atoms with E-state index < -0.39 is 0 Å². The lowest BCUT2D eigenvalue weighted by atomic mass is 10.3. The number of hydrogen-bond donors (Lipinski definition) is 2. The summed E-state index contributed by atoms with van der Waals surface area (Å²) in [6, 6.07) is 12.4. The first-order valence-corrected chi connectivity index (χ1v) is 9.47. The van der Waals surface area contributed by atoms with Gasteiger partial charge in [0.25, 0.3) is 0 Å². The maximum absolute atomic E-state index is 13.0. The molecule has 2 aromatic heterocycles. The molecule has 0 unspecified atom stereocenters. The second-order valence-corrected chi connectivity index (χ2v) is 6.71. The highest BCUT2D eigenvalue weighted by Crippen LogP contribution is 2.10. The van der Waals surface area contributed by atoms with E-state index in [1.807, 2.05) is 25.3 Å². The quantitative estimate of drug-likeness (QED) is 0.495. The fraction of sp³-hybridized carbons (Fsp3) is 0.263. The number of halogens is 1. The van der Waals surface area contributed by atoms with Gasteiger partial charge in [0, 0.05) is 30.6 Å². The molecule has 0 bridgehead atoms. The van der Waals surface area contributed by atoms with Crippen molar-refractivity contribution < 1.29 is 4.39 Å². The monoisotopic (exact) mass is 371 g/mol. The summed E-state index contributed by atoms with van der Waals surface area (Å²) in [7, 11) is 0. The van der Waals surface area contributed by atoms with Crippen LogP contribution in [0, 0.1) is 5.82 Å². The van der Waals surface area contributed by atoms with Gasteiger partial charge in [-0.2, -0.15) is 5.10 Å². The number of aromatic nitrogens is 2. The summed E-state index contributed by atoms with van der Waals surface area (Å²) >= 11 is 1.71. The highest BCUT2D eigenvalue weighted by atomic mass is 32.1. The summed E-state index contributed by atoms with van der Waals surface area (Å²) in [5.41, 5.74) is 1.81. The average Bonchev–Trinajstić information content (AvgIpc) is 3.32. The maximum Gasteiger partial charge on any atom is 0.191 e. The molecule has 3 rings (SSSR count). The van der Waals surface area contributed by atoms with Crippen molar-refractivity contribution in [3.63, 3.8) is 0 Å². The Labute approximate surface area is 156 Å². The molecule has 0 fully saturated rings. The third kappa shape index (κ3) is 5.16. The first-order valence-electron chi connectivity index (χ1n) is 8.59. The number of hydrogen-bond acceptors (Lipinski definition) is 3. The lowest BCUT2D eigenvalue weighted by Crippen LogP contribution is -2.38. The molecule has 2 heterocycles. The number of aliphatic imine (C=N–C) groups is 1. The van der Waals surface area contributed by atoms with Gasteiger partial charge in [-0.3, -0.25) is 0 Å². The predicted molar refractivity (Wildman–Crippen MR) is 104 cm³/mol. The zero-order valence-corrected chi connectivity index (χ0v) is 15.5. The number of thiophene rings is 1. The van der Waals surface area contributed by atoms with Crippen LogP contribution in [0.5, 0.6) is 0 Å². The molecule has 7 heteroatoms. The Balaban J connectivity index is 1.53. The van der Waals surface area contributed by atoms with Gasteiger partial charge >= 0.3 is 0 Å². The van der Waals surface area contributed by atoms with Gasteiger partial charge in [-0.15, -0.1) is 11.3 Å². The molecule has 0 saturated heterocycles. The molecule has 1 aromatic carbocycles. The summed E-state index contributed by atoms with van der Waals surface area (Å²) in [6.07, 6.45) is 2.66. The second-order valence-electron chi connectivity index (χ2n) is 5.68. The Hall–Kier alpha value is -2.67. The van der Waals surface area contributed by atoms with Gasteiger partial charge in [0.15, 0.2) is 5.96 Å². The van der Waals surface area contributed by atoms with Gasteiger partial charge in [0.05, 0.1) is 17.9 Å². The molecule has 0 saturated carbocycles. The molecule has 5 nitrogen and oxygen atoms in total. The summed E-state index contributed by atoms with van der Waals surface area (Å²) in [5, 5.41) is 13.2. The summed E-state index contributed by atoms with van der Waals surface area (Å²) < 4.78 is 14.8. The van der Waals surface area contributed by atoms with Crippen LogP contribution in [-0.2, 0) is 13.0 Å². The topological polar surface area (TPSA) is 54.2 Å². The molecule has 0 radical (unpaired) electrons. The third-order valence-corrected chi connectivity index (χ3v) is 4.59. The molecule has 0 atom stereocenters. The fourth-order valence-electron chi connectivity index (χ4n) is 2.44. The van der Waals surface area contributed by atoms with Crippen LogP contribution in [0.2, 0.25) is 0 Å². The van der Waals surface area contributed by atoms with Crippen molar-refractivity contribution in [1.82, 2.24) is 20.4 Å². The van der Waals surface area contributed by atoms with E-state index in [-0.39, 0.29) is 5.82 Å². The minimum atomic E-state index is -0.247. The zero-order chi connectivity index (χ0) is 18.2. The number of benzene rings is 1. The molecule has 0 aliphatic rings. The molecule has 2 N–H and O–H groups in total. The van der Waals surface area contributed by atoms with Gasteiger partial charge in [-0.05, 0) is 48.7 Å². The molecule has 0 spiro atoms. The Morgan fingerprint density at radius 3 is 2.77 bits per heavy atom. The van der Waals surface area contributed by atoms with Crippen LogP contribution in [0.4, 0.5) is 4.39 Å². The zero-order valence-electron chi connectivity index (χ0n) is 14.7. The Morgan fingerprint density at radius 2 is 2.04 bits per heavy atom. The van der Waals surface area contributed by atoms with Gasteiger partial charge in [-0.1, -0.05) is 6.07 Å². The van der Waals surface area contributed by atoms with E-state index in [0.717, 1.165) is 36.9 Å². The molecular weight excluding hydrogens is 349 g/mol. The van der Waals surface area contributed by atoms with Crippen LogP contribution in [0.1, 0.15) is 17.5 Å². The van der Waals surface area contributed by atoms with Gasteiger partial charge in [0.2, 0.25) is 0 Å². The standard InChI is InChI=1S/C19H22FN5S/c1-2-21-19(23-14-18-4-3-13-26-18)22-11-9-16-10-12-25(24-16)17-7-5-15(20)6-8-17/h3-8,10,12-13H,2,9,11,14H2,1H3,(H2,21,22,23). The highest BCUT2D eigenvalue weighted by molar-refractivity contribution is 7.09. The molecular formula is C19H22FN5S. The van der Waals surface area contributed by atoms with Crippen molar-refractivity contribution in [3.05, 3.63) is 70.4 Å². The van der Waals surface area contributed by atoms with Crippen LogP contribution in [0.25, 0.3) is 5.69 Å². The van der Waals surface area contributed by atoms with E-state index in [1.54, 1.807) is 28.2 Å². The third-order valence-electron chi connectivity index (χ3n) is 3.73. The first kappa shape index (κ1) is 18.1. The van der Waals surface area contributed by atoms with Crippen LogP contribution in [0.15, 0.2) is 59.0 Å². The largest absolute Gasteiger partial charge is 0.357 e. The number of guanidine groups is 1. The maximum atomic E-state index is 13.0. The van der Waals surface area contributed by atoms with E-state index in [9.17, 15) is 4.39 Å². The van der Waals surface area contributed by atoms with Crippen LogP contribution in [0.3, 0.4) is 0 Å². The van der Waals surface area contributed by atoms with Gasteiger partial charge in [0.1, 0.15) is 5.82 Å². The molecule has 136 valence electrons. The first-order chi connectivity index (χ1) is 12.7. The molecule has 0 aliphatic heterocycles. The van der Waals surface area contributed by atoms with Crippen LogP contribution < -0.4 is 10.6 Å². The lowest BCUT2D eigenvalue weighted by molar-refractivity contribution is 0.627. The number of rotatable bonds is 7. The Morgan fingerprint density at radius 1 is 1.19 bits per heavy atom. The second kappa shape index (κ2) is 9.15. The fourth-order valence-corrected chi connectivity index (χ4v) is 3.07. The van der Waals surface area contributed by atoms with Crippen molar-refractivity contribution in [1.29, 1.82) is 0 Å². The van der Waals surface area contributed by atoms with E-state index in [4.69, 9.17) is 0 Å². The summed E-state index contributed by atoms with van der Waals surface area (Å²) in [6.45, 7) is 4.27. The smallest absolute Gasteiger partial charge is 0.191 e. The Bertz CT molecular complexity index is 824. The molecule has 0 aliphatic carbocycles. The highest BCUT2D eigenvalue weighted by Gasteiger charge is 2.03. The number of nitrogens with one attached hydrogen (secondary N) is 2. The normalized spacial score (nSPS) is 11.5. The summed E-state index contributed by atoms with van der Waals surface area (Å²) in [5.74, 6) is 0.557. The van der Waals surface area contributed by atoms with E-state index >= 15 is 0 Å². The van der Waals surface area contributed by atoms with Gasteiger partial charge in [-0.25, -0.2) is 14.1 Å². The van der Waals surface area contributed by atoms with Crippen molar-refractivity contribution in [2.75, 3.05) is 13.1 Å². The lowest BCUT2D eigenvalue weighted by Gasteiger charge is -2.10.